The van der Waals surface area contributed by atoms with Crippen LogP contribution in [0.5, 0.6) is 0 Å². The number of nitrogens with one attached hydrogen (secondary N) is 1. The SMILES string of the molecule is CC(C)(C)C(=O)Nc1c(C#N)cnn1-c1ccc2ccccc2n1. The summed E-state index contributed by atoms with van der Waals surface area (Å²) in [6, 6.07) is 13.5. The third kappa shape index (κ3) is 2.84. The second-order valence-electron chi connectivity index (χ2n) is 6.50. The Balaban J connectivity index is 2.09. The Morgan fingerprint density at radius 1 is 1.21 bits per heavy atom. The van der Waals surface area contributed by atoms with Crippen molar-refractivity contribution in [2.24, 2.45) is 5.41 Å². The molecule has 120 valence electrons. The number of hydrogen-bond donors (Lipinski definition) is 1. The second kappa shape index (κ2) is 5.78. The van der Waals surface area contributed by atoms with Crippen LogP contribution in [0.2, 0.25) is 0 Å². The van der Waals surface area contributed by atoms with Crippen molar-refractivity contribution in [1.82, 2.24) is 14.8 Å². The standard InChI is InChI=1S/C18H17N5O/c1-18(2,3)17(24)22-16-13(10-19)11-20-23(16)15-9-8-12-6-4-5-7-14(12)21-15/h4-9,11H,1-3H3,(H,22,24). The van der Waals surface area contributed by atoms with E-state index in [-0.39, 0.29) is 5.91 Å². The molecule has 0 saturated carbocycles. The zero-order valence-corrected chi connectivity index (χ0v) is 13.7. The number of carbonyl (C=O) groups is 1. The van der Waals surface area contributed by atoms with E-state index in [1.807, 2.05) is 57.2 Å². The van der Waals surface area contributed by atoms with E-state index in [1.165, 1.54) is 10.9 Å². The van der Waals surface area contributed by atoms with Gasteiger partial charge in [0.05, 0.1) is 11.7 Å². The van der Waals surface area contributed by atoms with Crippen LogP contribution in [0.1, 0.15) is 26.3 Å². The molecule has 0 aliphatic rings. The summed E-state index contributed by atoms with van der Waals surface area (Å²) in [4.78, 5) is 16.9. The molecule has 1 N–H and O–H groups in total. The van der Waals surface area contributed by atoms with Crippen LogP contribution < -0.4 is 5.32 Å². The number of para-hydroxylation sites is 1. The van der Waals surface area contributed by atoms with E-state index in [0.29, 0.717) is 17.2 Å². The third-order valence-corrected chi connectivity index (χ3v) is 3.60. The van der Waals surface area contributed by atoms with E-state index in [0.717, 1.165) is 10.9 Å². The molecular weight excluding hydrogens is 302 g/mol. The van der Waals surface area contributed by atoms with Crippen molar-refractivity contribution in [3.8, 4) is 11.9 Å². The van der Waals surface area contributed by atoms with Gasteiger partial charge in [-0.15, -0.1) is 0 Å². The fourth-order valence-electron chi connectivity index (χ4n) is 2.19. The van der Waals surface area contributed by atoms with Gasteiger partial charge < -0.3 is 5.32 Å². The first-order chi connectivity index (χ1) is 11.4. The van der Waals surface area contributed by atoms with Crippen LogP contribution in [0.3, 0.4) is 0 Å². The molecule has 1 aromatic carbocycles. The Labute approximate surface area is 139 Å². The Morgan fingerprint density at radius 3 is 2.67 bits per heavy atom. The van der Waals surface area contributed by atoms with Crippen LogP contribution in [0.25, 0.3) is 16.7 Å². The number of nitriles is 1. The third-order valence-electron chi connectivity index (χ3n) is 3.60. The number of carbonyl (C=O) groups excluding carboxylic acids is 1. The van der Waals surface area contributed by atoms with Gasteiger partial charge in [0.25, 0.3) is 0 Å². The lowest BCUT2D eigenvalue weighted by atomic mass is 9.96. The molecule has 0 radical (unpaired) electrons. The predicted molar refractivity (Wildman–Crippen MR) is 91.7 cm³/mol. The van der Waals surface area contributed by atoms with Crippen molar-refractivity contribution in [2.45, 2.75) is 20.8 Å². The van der Waals surface area contributed by atoms with Crippen molar-refractivity contribution in [2.75, 3.05) is 5.32 Å². The van der Waals surface area contributed by atoms with Crippen molar-refractivity contribution in [3.63, 3.8) is 0 Å². The van der Waals surface area contributed by atoms with E-state index in [9.17, 15) is 10.1 Å². The maximum atomic E-state index is 12.3. The molecule has 6 heteroatoms. The number of aromatic nitrogens is 3. The first kappa shape index (κ1) is 15.7. The van der Waals surface area contributed by atoms with Crippen LogP contribution in [-0.2, 0) is 4.79 Å². The number of hydrogen-bond acceptors (Lipinski definition) is 4. The molecule has 0 fully saturated rings. The smallest absolute Gasteiger partial charge is 0.230 e. The van der Waals surface area contributed by atoms with E-state index in [2.05, 4.69) is 21.5 Å². The highest BCUT2D eigenvalue weighted by atomic mass is 16.2. The van der Waals surface area contributed by atoms with Gasteiger partial charge in [0.2, 0.25) is 5.91 Å². The molecule has 0 aliphatic carbocycles. The summed E-state index contributed by atoms with van der Waals surface area (Å²) in [5, 5.41) is 17.3. The highest BCUT2D eigenvalue weighted by Gasteiger charge is 2.24. The fraction of sp³-hybridized carbons (Fsp3) is 0.222. The number of amides is 1. The van der Waals surface area contributed by atoms with Gasteiger partial charge in [0, 0.05) is 10.8 Å². The Bertz CT molecular complexity index is 959. The van der Waals surface area contributed by atoms with Crippen molar-refractivity contribution < 1.29 is 4.79 Å². The predicted octanol–water partition coefficient (Wildman–Crippen LogP) is 3.28. The number of nitrogens with zero attached hydrogens (tertiary/aromatic N) is 4. The van der Waals surface area contributed by atoms with Crippen molar-refractivity contribution in [1.29, 1.82) is 5.26 Å². The Kier molecular flexibility index (Phi) is 3.78. The first-order valence-corrected chi connectivity index (χ1v) is 7.56. The van der Waals surface area contributed by atoms with E-state index in [1.54, 1.807) is 0 Å². The quantitative estimate of drug-likeness (QED) is 0.785. The minimum Gasteiger partial charge on any atom is -0.309 e. The highest BCUT2D eigenvalue weighted by Crippen LogP contribution is 2.23. The van der Waals surface area contributed by atoms with Gasteiger partial charge in [0.15, 0.2) is 11.6 Å². The molecule has 0 unspecified atom stereocenters. The van der Waals surface area contributed by atoms with Crippen molar-refractivity contribution in [3.05, 3.63) is 48.2 Å². The monoisotopic (exact) mass is 319 g/mol. The van der Waals surface area contributed by atoms with Gasteiger partial charge in [-0.05, 0) is 18.2 Å². The lowest BCUT2D eigenvalue weighted by molar-refractivity contribution is -0.123. The summed E-state index contributed by atoms with van der Waals surface area (Å²) in [5.74, 6) is 0.682. The maximum Gasteiger partial charge on any atom is 0.230 e. The average Bonchev–Trinajstić information content (AvgIpc) is 2.96. The molecule has 24 heavy (non-hydrogen) atoms. The molecule has 3 aromatic rings. The van der Waals surface area contributed by atoms with Crippen LogP contribution in [0, 0.1) is 16.7 Å². The molecule has 6 nitrogen and oxygen atoms in total. The number of anilines is 1. The van der Waals surface area contributed by atoms with Gasteiger partial charge >= 0.3 is 0 Å². The normalized spacial score (nSPS) is 11.2. The minimum atomic E-state index is -0.585. The lowest BCUT2D eigenvalue weighted by Gasteiger charge is -2.18. The zero-order valence-electron chi connectivity index (χ0n) is 13.7. The van der Waals surface area contributed by atoms with Gasteiger partial charge in [-0.1, -0.05) is 39.0 Å². The summed E-state index contributed by atoms with van der Waals surface area (Å²) in [6.45, 7) is 5.43. The Morgan fingerprint density at radius 2 is 1.96 bits per heavy atom. The summed E-state index contributed by atoms with van der Waals surface area (Å²) in [7, 11) is 0. The Hall–Kier alpha value is -3.20. The molecule has 0 saturated heterocycles. The number of rotatable bonds is 2. The molecule has 1 amide bonds. The molecule has 2 heterocycles. The molecule has 3 rings (SSSR count). The molecule has 0 atom stereocenters. The molecule has 2 aromatic heterocycles. The maximum absolute atomic E-state index is 12.3. The molecular formula is C18H17N5O. The minimum absolute atomic E-state index is 0.193. The van der Waals surface area contributed by atoms with Crippen LogP contribution >= 0.6 is 0 Å². The fourth-order valence-corrected chi connectivity index (χ4v) is 2.19. The van der Waals surface area contributed by atoms with Crippen LogP contribution in [0.4, 0.5) is 5.82 Å². The number of fused-ring (bicyclic) bond motifs is 1. The largest absolute Gasteiger partial charge is 0.309 e. The first-order valence-electron chi connectivity index (χ1n) is 7.56. The molecule has 0 aliphatic heterocycles. The summed E-state index contributed by atoms with van der Waals surface area (Å²) in [6.07, 6.45) is 1.43. The average molecular weight is 319 g/mol. The van der Waals surface area contributed by atoms with Gasteiger partial charge in [-0.2, -0.15) is 15.0 Å². The zero-order chi connectivity index (χ0) is 17.3. The summed E-state index contributed by atoms with van der Waals surface area (Å²) < 4.78 is 1.48. The number of benzene rings is 1. The van der Waals surface area contributed by atoms with E-state index in [4.69, 9.17) is 0 Å². The van der Waals surface area contributed by atoms with E-state index < -0.39 is 5.41 Å². The van der Waals surface area contributed by atoms with Crippen LogP contribution in [-0.4, -0.2) is 20.7 Å². The van der Waals surface area contributed by atoms with Gasteiger partial charge in [0.1, 0.15) is 11.6 Å². The lowest BCUT2D eigenvalue weighted by Crippen LogP contribution is -2.29. The summed E-state index contributed by atoms with van der Waals surface area (Å²) in [5.41, 5.74) is 0.526. The molecule has 0 bridgehead atoms. The number of pyridine rings is 1. The van der Waals surface area contributed by atoms with Gasteiger partial charge in [-0.3, -0.25) is 4.79 Å². The second-order valence-corrected chi connectivity index (χ2v) is 6.50. The highest BCUT2D eigenvalue weighted by molar-refractivity contribution is 5.95. The molecule has 0 spiro atoms. The van der Waals surface area contributed by atoms with Crippen molar-refractivity contribution >= 4 is 22.6 Å². The topological polar surface area (TPSA) is 83.6 Å². The van der Waals surface area contributed by atoms with Gasteiger partial charge in [-0.25, -0.2) is 4.98 Å². The van der Waals surface area contributed by atoms with E-state index >= 15 is 0 Å². The summed E-state index contributed by atoms with van der Waals surface area (Å²) >= 11 is 0. The van der Waals surface area contributed by atoms with Crippen LogP contribution in [0.15, 0.2) is 42.6 Å².